The fourth-order valence-electron chi connectivity index (χ4n) is 2.60. The lowest BCUT2D eigenvalue weighted by atomic mass is 9.84. The topological polar surface area (TPSA) is 56.7 Å². The molecule has 0 aromatic rings. The number of nitrogens with one attached hydrogen (secondary N) is 2. The van der Waals surface area contributed by atoms with E-state index in [1.807, 2.05) is 0 Å². The molecule has 0 saturated heterocycles. The van der Waals surface area contributed by atoms with Gasteiger partial charge >= 0.3 is 0 Å². The summed E-state index contributed by atoms with van der Waals surface area (Å²) in [6, 6.07) is 0.453. The van der Waals surface area contributed by atoms with E-state index in [1.165, 1.54) is 32.1 Å². The van der Waals surface area contributed by atoms with Gasteiger partial charge in [0, 0.05) is 26.7 Å². The number of guanidine groups is 1. The minimum Gasteiger partial charge on any atom is -0.354 e. The lowest BCUT2D eigenvalue weighted by Gasteiger charge is -2.30. The average Bonchev–Trinajstić information content (AvgIpc) is 2.49. The monoisotopic (exact) mass is 422 g/mol. The smallest absolute Gasteiger partial charge is 0.243 e. The second-order valence-electron chi connectivity index (χ2n) is 5.90. The van der Waals surface area contributed by atoms with Gasteiger partial charge in [-0.15, -0.1) is 30.6 Å². The van der Waals surface area contributed by atoms with Crippen molar-refractivity contribution in [1.82, 2.24) is 15.5 Å². The van der Waals surface area contributed by atoms with Crippen molar-refractivity contribution in [3.05, 3.63) is 12.7 Å². The highest BCUT2D eigenvalue weighted by Crippen LogP contribution is 2.26. The third kappa shape index (κ3) is 8.00. The summed E-state index contributed by atoms with van der Waals surface area (Å²) in [5.41, 5.74) is 0. The van der Waals surface area contributed by atoms with Crippen molar-refractivity contribution in [2.24, 2.45) is 10.9 Å². The van der Waals surface area contributed by atoms with Crippen molar-refractivity contribution in [2.45, 2.75) is 45.1 Å². The number of halogens is 1. The Morgan fingerprint density at radius 2 is 2.14 bits per heavy atom. The molecular formula is C16H31IN4O. The van der Waals surface area contributed by atoms with Gasteiger partial charge in [0.1, 0.15) is 6.54 Å². The molecule has 0 bridgehead atoms. The number of carbonyl (C=O) groups excluding carboxylic acids is 1. The van der Waals surface area contributed by atoms with Crippen molar-refractivity contribution >= 4 is 35.8 Å². The Kier molecular flexibility index (Phi) is 11.3. The molecule has 1 saturated carbocycles. The van der Waals surface area contributed by atoms with E-state index in [-0.39, 0.29) is 36.4 Å². The summed E-state index contributed by atoms with van der Waals surface area (Å²) in [6.07, 6.45) is 7.99. The first-order valence-electron chi connectivity index (χ1n) is 7.92. The van der Waals surface area contributed by atoms with Crippen LogP contribution in [0.25, 0.3) is 0 Å². The van der Waals surface area contributed by atoms with E-state index in [0.717, 1.165) is 5.92 Å². The van der Waals surface area contributed by atoms with Gasteiger partial charge in [-0.1, -0.05) is 32.3 Å². The van der Waals surface area contributed by atoms with Crippen LogP contribution in [0.1, 0.15) is 39.0 Å². The summed E-state index contributed by atoms with van der Waals surface area (Å²) < 4.78 is 0. The van der Waals surface area contributed by atoms with Crippen LogP contribution in [0.4, 0.5) is 0 Å². The Morgan fingerprint density at radius 3 is 2.73 bits per heavy atom. The number of nitrogens with zero attached hydrogens (tertiary/aromatic N) is 2. The zero-order chi connectivity index (χ0) is 15.7. The number of likely N-dealkylation sites (N-methyl/N-ethyl adjacent to an activating group) is 1. The van der Waals surface area contributed by atoms with Crippen molar-refractivity contribution in [3.63, 3.8) is 0 Å². The molecule has 22 heavy (non-hydrogen) atoms. The van der Waals surface area contributed by atoms with Gasteiger partial charge in [-0.3, -0.25) is 4.79 Å². The van der Waals surface area contributed by atoms with E-state index in [0.29, 0.717) is 18.5 Å². The first-order valence-corrected chi connectivity index (χ1v) is 7.92. The van der Waals surface area contributed by atoms with Crippen molar-refractivity contribution < 1.29 is 4.79 Å². The summed E-state index contributed by atoms with van der Waals surface area (Å²) in [5, 5.41) is 6.66. The number of carbonyl (C=O) groups is 1. The Bertz CT molecular complexity index is 371. The number of aliphatic imine (C=N–C) groups is 1. The lowest BCUT2D eigenvalue weighted by Crippen LogP contribution is -2.45. The minimum absolute atomic E-state index is 0. The Labute approximate surface area is 152 Å². The van der Waals surface area contributed by atoms with E-state index < -0.39 is 0 Å². The standard InChI is InChI=1S/C16H30N4O.HI/c1-5-10-17-16(18-12-15(21)20(3)4)19-14-9-7-8-13(6-2)11-14;/h5,13-14H,1,6-12H2,2-4H3,(H2,17,18,19);1H. The van der Waals surface area contributed by atoms with Gasteiger partial charge < -0.3 is 15.5 Å². The molecule has 2 atom stereocenters. The lowest BCUT2D eigenvalue weighted by molar-refractivity contribution is -0.127. The molecule has 0 aliphatic heterocycles. The minimum atomic E-state index is 0. The summed E-state index contributed by atoms with van der Waals surface area (Å²) in [6.45, 7) is 6.78. The van der Waals surface area contributed by atoms with Gasteiger partial charge in [-0.05, 0) is 18.8 Å². The van der Waals surface area contributed by atoms with Crippen LogP contribution in [0, 0.1) is 5.92 Å². The zero-order valence-electron chi connectivity index (χ0n) is 14.1. The first-order chi connectivity index (χ1) is 10.1. The van der Waals surface area contributed by atoms with Gasteiger partial charge in [0.05, 0.1) is 0 Å². The van der Waals surface area contributed by atoms with Gasteiger partial charge in [0.2, 0.25) is 5.91 Å². The quantitative estimate of drug-likeness (QED) is 0.299. The Morgan fingerprint density at radius 1 is 1.41 bits per heavy atom. The van der Waals surface area contributed by atoms with E-state index in [1.54, 1.807) is 25.1 Å². The van der Waals surface area contributed by atoms with Crippen LogP contribution in [-0.2, 0) is 4.79 Å². The summed E-state index contributed by atoms with van der Waals surface area (Å²) in [4.78, 5) is 17.6. The van der Waals surface area contributed by atoms with Gasteiger partial charge in [-0.25, -0.2) is 4.99 Å². The molecule has 2 unspecified atom stereocenters. The van der Waals surface area contributed by atoms with Gasteiger partial charge in [0.25, 0.3) is 0 Å². The molecule has 0 aromatic carbocycles. The first kappa shape index (κ1) is 21.2. The highest BCUT2D eigenvalue weighted by molar-refractivity contribution is 14.0. The van der Waals surface area contributed by atoms with Crippen molar-refractivity contribution in [1.29, 1.82) is 0 Å². The number of rotatable bonds is 6. The molecule has 0 spiro atoms. The Hall–Kier alpha value is -0.790. The van der Waals surface area contributed by atoms with Crippen LogP contribution in [0.2, 0.25) is 0 Å². The number of amides is 1. The fourth-order valence-corrected chi connectivity index (χ4v) is 2.60. The average molecular weight is 422 g/mol. The molecule has 0 radical (unpaired) electrons. The molecule has 1 aliphatic rings. The molecule has 1 fully saturated rings. The third-order valence-corrected chi connectivity index (χ3v) is 3.99. The molecule has 2 N–H and O–H groups in total. The highest BCUT2D eigenvalue weighted by Gasteiger charge is 2.21. The maximum Gasteiger partial charge on any atom is 0.243 e. The molecule has 1 rings (SSSR count). The van der Waals surface area contributed by atoms with Crippen molar-refractivity contribution in [2.75, 3.05) is 27.2 Å². The molecule has 5 nitrogen and oxygen atoms in total. The molecule has 128 valence electrons. The van der Waals surface area contributed by atoms with Gasteiger partial charge in [0.15, 0.2) is 5.96 Å². The molecule has 0 aromatic heterocycles. The zero-order valence-corrected chi connectivity index (χ0v) is 16.4. The van der Waals surface area contributed by atoms with Crippen LogP contribution in [0.15, 0.2) is 17.6 Å². The maximum atomic E-state index is 11.7. The maximum absolute atomic E-state index is 11.7. The third-order valence-electron chi connectivity index (χ3n) is 3.99. The van der Waals surface area contributed by atoms with E-state index in [9.17, 15) is 4.79 Å². The Balaban J connectivity index is 0.00000441. The van der Waals surface area contributed by atoms with Crippen molar-refractivity contribution in [3.8, 4) is 0 Å². The van der Waals surface area contributed by atoms with Crippen LogP contribution in [-0.4, -0.2) is 50.0 Å². The van der Waals surface area contributed by atoms with E-state index >= 15 is 0 Å². The second kappa shape index (κ2) is 11.7. The highest BCUT2D eigenvalue weighted by atomic mass is 127. The van der Waals surface area contributed by atoms with Crippen LogP contribution in [0.5, 0.6) is 0 Å². The van der Waals surface area contributed by atoms with Crippen LogP contribution in [0.3, 0.4) is 0 Å². The van der Waals surface area contributed by atoms with Crippen LogP contribution >= 0.6 is 24.0 Å². The predicted molar refractivity (Wildman–Crippen MR) is 104 cm³/mol. The van der Waals surface area contributed by atoms with E-state index in [2.05, 4.69) is 29.1 Å². The largest absolute Gasteiger partial charge is 0.354 e. The number of hydrogen-bond donors (Lipinski definition) is 2. The van der Waals surface area contributed by atoms with E-state index in [4.69, 9.17) is 0 Å². The van der Waals surface area contributed by atoms with Gasteiger partial charge in [-0.2, -0.15) is 0 Å². The SMILES string of the molecule is C=CCNC(=NCC(=O)N(C)C)NC1CCCC(CC)C1.I. The second-order valence-corrected chi connectivity index (χ2v) is 5.90. The summed E-state index contributed by atoms with van der Waals surface area (Å²) in [7, 11) is 3.49. The molecule has 6 heteroatoms. The summed E-state index contributed by atoms with van der Waals surface area (Å²) >= 11 is 0. The normalized spacial score (nSPS) is 21.5. The molecule has 1 amide bonds. The summed E-state index contributed by atoms with van der Waals surface area (Å²) in [5.74, 6) is 1.52. The number of hydrogen-bond acceptors (Lipinski definition) is 2. The molecule has 0 heterocycles. The molecular weight excluding hydrogens is 391 g/mol. The van der Waals surface area contributed by atoms with Crippen LogP contribution < -0.4 is 10.6 Å². The predicted octanol–water partition coefficient (Wildman–Crippen LogP) is 2.38. The molecule has 1 aliphatic carbocycles. The fraction of sp³-hybridized carbons (Fsp3) is 0.750.